The van der Waals surface area contributed by atoms with E-state index in [0.717, 1.165) is 28.1 Å². The monoisotopic (exact) mass is 245 g/mol. The van der Waals surface area contributed by atoms with Crippen LogP contribution in [0.15, 0.2) is 22.7 Å². The number of aromatic nitrogens is 1. The van der Waals surface area contributed by atoms with Gasteiger partial charge in [0.15, 0.2) is 0 Å². The third-order valence-corrected chi connectivity index (χ3v) is 2.95. The summed E-state index contributed by atoms with van der Waals surface area (Å²) in [4.78, 5) is 11.4. The number of esters is 1. The van der Waals surface area contributed by atoms with Crippen molar-refractivity contribution in [3.63, 3.8) is 0 Å². The molecule has 0 fully saturated rings. The van der Waals surface area contributed by atoms with E-state index in [9.17, 15) is 4.79 Å². The smallest absolute Gasteiger partial charge is 0.337 e. The molecule has 94 valence electrons. The predicted octanol–water partition coefficient (Wildman–Crippen LogP) is 3.05. The maximum absolute atomic E-state index is 11.4. The lowest BCUT2D eigenvalue weighted by molar-refractivity contribution is 0.0600. The van der Waals surface area contributed by atoms with Gasteiger partial charge in [-0.15, -0.1) is 0 Å². The number of aryl methyl sites for hydroxylation is 3. The van der Waals surface area contributed by atoms with Gasteiger partial charge in [-0.25, -0.2) is 4.79 Å². The van der Waals surface area contributed by atoms with Gasteiger partial charge in [-0.1, -0.05) is 11.2 Å². The van der Waals surface area contributed by atoms with Gasteiger partial charge in [0.1, 0.15) is 5.76 Å². The van der Waals surface area contributed by atoms with E-state index in [2.05, 4.69) is 5.16 Å². The average Bonchev–Trinajstić information content (AvgIpc) is 2.68. The Bertz CT molecular complexity index is 580. The predicted molar refractivity (Wildman–Crippen MR) is 67.5 cm³/mol. The van der Waals surface area contributed by atoms with Crippen molar-refractivity contribution in [1.29, 1.82) is 0 Å². The number of carbonyl (C=O) groups excluding carboxylic acids is 1. The maximum Gasteiger partial charge on any atom is 0.337 e. The molecule has 1 aromatic carbocycles. The number of methoxy groups -OCH3 is 1. The minimum Gasteiger partial charge on any atom is -0.465 e. The van der Waals surface area contributed by atoms with Gasteiger partial charge < -0.3 is 9.26 Å². The fourth-order valence-electron chi connectivity index (χ4n) is 2.06. The summed E-state index contributed by atoms with van der Waals surface area (Å²) in [6.07, 6.45) is 0. The lowest BCUT2D eigenvalue weighted by Gasteiger charge is -2.07. The molecule has 0 amide bonds. The molecule has 0 aliphatic carbocycles. The fourth-order valence-corrected chi connectivity index (χ4v) is 2.06. The second-order valence-electron chi connectivity index (χ2n) is 4.22. The van der Waals surface area contributed by atoms with Crippen LogP contribution in [-0.4, -0.2) is 18.2 Å². The number of rotatable bonds is 2. The molecule has 0 aliphatic rings. The number of nitrogens with zero attached hydrogens (tertiary/aromatic N) is 1. The fraction of sp³-hybridized carbons (Fsp3) is 0.286. The van der Waals surface area contributed by atoms with E-state index >= 15 is 0 Å². The average molecular weight is 245 g/mol. The van der Waals surface area contributed by atoms with Crippen LogP contribution in [-0.2, 0) is 4.74 Å². The Kier molecular flexibility index (Phi) is 3.19. The quantitative estimate of drug-likeness (QED) is 0.763. The standard InChI is InChI=1S/C14H15NO3/c1-8-7-11(14(16)17-4)5-6-12(8)13-9(2)15-18-10(13)3/h5-7H,1-4H3. The first kappa shape index (κ1) is 12.4. The molecule has 0 radical (unpaired) electrons. The third kappa shape index (κ3) is 2.01. The molecular formula is C14H15NO3. The summed E-state index contributed by atoms with van der Waals surface area (Å²) in [5.74, 6) is 0.449. The van der Waals surface area contributed by atoms with Gasteiger partial charge in [0, 0.05) is 5.56 Å². The Morgan fingerprint density at radius 3 is 2.50 bits per heavy atom. The van der Waals surface area contributed by atoms with E-state index in [1.54, 1.807) is 6.07 Å². The highest BCUT2D eigenvalue weighted by atomic mass is 16.5. The zero-order chi connectivity index (χ0) is 13.3. The van der Waals surface area contributed by atoms with Crippen molar-refractivity contribution in [2.24, 2.45) is 0 Å². The second kappa shape index (κ2) is 4.64. The summed E-state index contributed by atoms with van der Waals surface area (Å²) in [7, 11) is 1.37. The Balaban J connectivity index is 2.52. The number of hydrogen-bond donors (Lipinski definition) is 0. The van der Waals surface area contributed by atoms with Crippen molar-refractivity contribution in [1.82, 2.24) is 5.16 Å². The van der Waals surface area contributed by atoms with E-state index in [1.165, 1.54) is 7.11 Å². The summed E-state index contributed by atoms with van der Waals surface area (Å²) in [5, 5.41) is 3.94. The molecule has 0 N–H and O–H groups in total. The van der Waals surface area contributed by atoms with Gasteiger partial charge in [0.05, 0.1) is 18.4 Å². The molecule has 0 saturated carbocycles. The molecular weight excluding hydrogens is 230 g/mol. The van der Waals surface area contributed by atoms with Crippen LogP contribution in [0, 0.1) is 20.8 Å². The minimum atomic E-state index is -0.330. The van der Waals surface area contributed by atoms with E-state index in [4.69, 9.17) is 9.26 Å². The van der Waals surface area contributed by atoms with Gasteiger partial charge in [-0.2, -0.15) is 0 Å². The first-order valence-corrected chi connectivity index (χ1v) is 5.66. The molecule has 0 unspecified atom stereocenters. The number of hydrogen-bond acceptors (Lipinski definition) is 4. The molecule has 0 saturated heterocycles. The normalized spacial score (nSPS) is 10.4. The van der Waals surface area contributed by atoms with Crippen molar-refractivity contribution in [3.8, 4) is 11.1 Å². The van der Waals surface area contributed by atoms with Crippen molar-refractivity contribution in [2.45, 2.75) is 20.8 Å². The lowest BCUT2D eigenvalue weighted by atomic mass is 9.97. The van der Waals surface area contributed by atoms with Gasteiger partial charge in [-0.05, 0) is 44.0 Å². The Morgan fingerprint density at radius 1 is 1.28 bits per heavy atom. The SMILES string of the molecule is COC(=O)c1ccc(-c2c(C)noc2C)c(C)c1. The van der Waals surface area contributed by atoms with Gasteiger partial charge in [0.25, 0.3) is 0 Å². The van der Waals surface area contributed by atoms with E-state index < -0.39 is 0 Å². The second-order valence-corrected chi connectivity index (χ2v) is 4.22. The summed E-state index contributed by atoms with van der Waals surface area (Å²) in [6.45, 7) is 5.73. The van der Waals surface area contributed by atoms with Crippen LogP contribution in [0.4, 0.5) is 0 Å². The first-order valence-electron chi connectivity index (χ1n) is 5.66. The van der Waals surface area contributed by atoms with Crippen LogP contribution in [0.25, 0.3) is 11.1 Å². The Labute approximate surface area is 106 Å². The third-order valence-electron chi connectivity index (χ3n) is 2.95. The van der Waals surface area contributed by atoms with E-state index in [1.807, 2.05) is 32.9 Å². The number of ether oxygens (including phenoxy) is 1. The van der Waals surface area contributed by atoms with E-state index in [-0.39, 0.29) is 5.97 Å². The van der Waals surface area contributed by atoms with Gasteiger partial charge in [-0.3, -0.25) is 0 Å². The first-order chi connectivity index (χ1) is 8.54. The Morgan fingerprint density at radius 2 is 2.00 bits per heavy atom. The number of benzene rings is 1. The molecule has 4 heteroatoms. The van der Waals surface area contributed by atoms with Crippen molar-refractivity contribution >= 4 is 5.97 Å². The lowest BCUT2D eigenvalue weighted by Crippen LogP contribution is -2.01. The van der Waals surface area contributed by atoms with Crippen LogP contribution in [0.3, 0.4) is 0 Å². The van der Waals surface area contributed by atoms with Gasteiger partial charge in [0.2, 0.25) is 0 Å². The highest BCUT2D eigenvalue weighted by molar-refractivity contribution is 5.90. The molecule has 2 aromatic rings. The molecule has 2 rings (SSSR count). The van der Waals surface area contributed by atoms with Crippen LogP contribution in [0.5, 0.6) is 0 Å². The van der Waals surface area contributed by atoms with Crippen LogP contribution < -0.4 is 0 Å². The van der Waals surface area contributed by atoms with Crippen molar-refractivity contribution in [2.75, 3.05) is 7.11 Å². The minimum absolute atomic E-state index is 0.330. The molecule has 0 bridgehead atoms. The number of carbonyl (C=O) groups is 1. The molecule has 4 nitrogen and oxygen atoms in total. The van der Waals surface area contributed by atoms with Crippen LogP contribution >= 0.6 is 0 Å². The molecule has 18 heavy (non-hydrogen) atoms. The topological polar surface area (TPSA) is 52.3 Å². The summed E-state index contributed by atoms with van der Waals surface area (Å²) in [6, 6.07) is 5.46. The van der Waals surface area contributed by atoms with Crippen LogP contribution in [0.2, 0.25) is 0 Å². The highest BCUT2D eigenvalue weighted by Crippen LogP contribution is 2.30. The maximum atomic E-state index is 11.4. The summed E-state index contributed by atoms with van der Waals surface area (Å²) < 4.78 is 9.86. The zero-order valence-corrected chi connectivity index (χ0v) is 10.9. The molecule has 1 aromatic heterocycles. The van der Waals surface area contributed by atoms with Crippen LogP contribution in [0.1, 0.15) is 27.4 Å². The largest absolute Gasteiger partial charge is 0.465 e. The Hall–Kier alpha value is -2.10. The van der Waals surface area contributed by atoms with Crippen molar-refractivity contribution in [3.05, 3.63) is 40.8 Å². The molecule has 0 aliphatic heterocycles. The molecule has 0 spiro atoms. The van der Waals surface area contributed by atoms with Gasteiger partial charge >= 0.3 is 5.97 Å². The highest BCUT2D eigenvalue weighted by Gasteiger charge is 2.15. The summed E-state index contributed by atoms with van der Waals surface area (Å²) >= 11 is 0. The summed E-state index contributed by atoms with van der Waals surface area (Å²) in [5.41, 5.74) is 4.40. The van der Waals surface area contributed by atoms with Crippen molar-refractivity contribution < 1.29 is 14.1 Å². The molecule has 1 heterocycles. The van der Waals surface area contributed by atoms with E-state index in [0.29, 0.717) is 5.56 Å². The molecule has 0 atom stereocenters. The zero-order valence-electron chi connectivity index (χ0n) is 10.9.